The molecule has 0 aromatic heterocycles. The number of aliphatic hydroxyl groups excluding tert-OH is 2. The van der Waals surface area contributed by atoms with E-state index < -0.39 is 47.5 Å². The number of hydrogen-bond donors (Lipinski definition) is 2. The van der Waals surface area contributed by atoms with Crippen LogP contribution < -0.4 is 9.47 Å². The highest BCUT2D eigenvalue weighted by Gasteiger charge is 2.46. The zero-order valence-electron chi connectivity index (χ0n) is 31.5. The standard InChI is InChI=1S/C42H52O11/c1-41(2,3)40(45)50-26-33(37(51-27-46-4)29-23-24-34(48-6)35(25-29)49-7)38(52-28-47-5)36(43)39(44)53-42(30-17-11-8-12-18-30,31-19-13-9-14-20-31)32-21-15-10-16-22-32/h8-25,33,36-39,43-44H,26-28H2,1-7H3/t33-,36+,37+,38-,39?/m1/s1. The molecule has 11 heteroatoms. The second-order valence-corrected chi connectivity index (χ2v) is 13.4. The summed E-state index contributed by atoms with van der Waals surface area (Å²) in [6.45, 7) is 4.45. The summed E-state index contributed by atoms with van der Waals surface area (Å²) in [6.07, 6.45) is -5.90. The highest BCUT2D eigenvalue weighted by molar-refractivity contribution is 5.75. The Morgan fingerprint density at radius 1 is 0.660 bits per heavy atom. The van der Waals surface area contributed by atoms with E-state index in [1.54, 1.807) is 39.0 Å². The normalized spacial score (nSPS) is 14.8. The average molecular weight is 733 g/mol. The maximum atomic E-state index is 13.2. The van der Waals surface area contributed by atoms with Crippen molar-refractivity contribution >= 4 is 5.97 Å². The summed E-state index contributed by atoms with van der Waals surface area (Å²) in [7, 11) is 5.94. The number of carbonyl (C=O) groups is 1. The van der Waals surface area contributed by atoms with Crippen LogP contribution in [0.2, 0.25) is 0 Å². The Hall–Kier alpha value is -4.33. The van der Waals surface area contributed by atoms with Gasteiger partial charge in [0.1, 0.15) is 31.4 Å². The van der Waals surface area contributed by atoms with E-state index in [-0.39, 0.29) is 20.2 Å². The molecule has 1 unspecified atom stereocenters. The van der Waals surface area contributed by atoms with Gasteiger partial charge < -0.3 is 48.1 Å². The smallest absolute Gasteiger partial charge is 0.311 e. The summed E-state index contributed by atoms with van der Waals surface area (Å²) < 4.78 is 46.8. The first-order valence-electron chi connectivity index (χ1n) is 17.3. The highest BCUT2D eigenvalue weighted by Crippen LogP contribution is 2.43. The zero-order valence-corrected chi connectivity index (χ0v) is 31.5. The fraction of sp³-hybridized carbons (Fsp3) is 0.405. The van der Waals surface area contributed by atoms with E-state index in [1.165, 1.54) is 28.4 Å². The molecule has 5 atom stereocenters. The van der Waals surface area contributed by atoms with E-state index in [1.807, 2.05) is 91.0 Å². The molecule has 0 bridgehead atoms. The Bertz CT molecular complexity index is 1560. The van der Waals surface area contributed by atoms with Gasteiger partial charge in [-0.3, -0.25) is 4.79 Å². The first-order chi connectivity index (χ1) is 25.5. The summed E-state index contributed by atoms with van der Waals surface area (Å²) in [5, 5.41) is 24.4. The first-order valence-corrected chi connectivity index (χ1v) is 17.3. The van der Waals surface area contributed by atoms with Crippen molar-refractivity contribution in [3.05, 3.63) is 131 Å². The lowest BCUT2D eigenvalue weighted by Crippen LogP contribution is -2.51. The van der Waals surface area contributed by atoms with Gasteiger partial charge in [-0.1, -0.05) is 97.1 Å². The molecule has 0 radical (unpaired) electrons. The topological polar surface area (TPSA) is 131 Å². The van der Waals surface area contributed by atoms with E-state index >= 15 is 0 Å². The van der Waals surface area contributed by atoms with Crippen molar-refractivity contribution in [2.24, 2.45) is 11.3 Å². The van der Waals surface area contributed by atoms with Crippen LogP contribution in [0.4, 0.5) is 0 Å². The molecule has 11 nitrogen and oxygen atoms in total. The van der Waals surface area contributed by atoms with Crippen molar-refractivity contribution in [2.45, 2.75) is 51.0 Å². The molecule has 0 saturated heterocycles. The van der Waals surface area contributed by atoms with Crippen LogP contribution in [0.1, 0.15) is 49.1 Å². The van der Waals surface area contributed by atoms with Crippen molar-refractivity contribution in [3.63, 3.8) is 0 Å². The minimum atomic E-state index is -1.88. The van der Waals surface area contributed by atoms with Crippen LogP contribution in [0.15, 0.2) is 109 Å². The largest absolute Gasteiger partial charge is 0.493 e. The van der Waals surface area contributed by atoms with Crippen molar-refractivity contribution in [2.75, 3.05) is 48.6 Å². The van der Waals surface area contributed by atoms with E-state index in [0.29, 0.717) is 33.8 Å². The highest BCUT2D eigenvalue weighted by atomic mass is 16.7. The maximum Gasteiger partial charge on any atom is 0.311 e. The van der Waals surface area contributed by atoms with Gasteiger partial charge in [0.15, 0.2) is 17.8 Å². The average Bonchev–Trinajstić information content (AvgIpc) is 3.18. The molecule has 0 aliphatic carbocycles. The predicted molar refractivity (Wildman–Crippen MR) is 198 cm³/mol. The molecule has 0 fully saturated rings. The lowest BCUT2D eigenvalue weighted by molar-refractivity contribution is -0.256. The van der Waals surface area contributed by atoms with Gasteiger partial charge in [-0.2, -0.15) is 0 Å². The molecule has 0 amide bonds. The van der Waals surface area contributed by atoms with Crippen molar-refractivity contribution in [3.8, 4) is 11.5 Å². The molecule has 0 aliphatic rings. The van der Waals surface area contributed by atoms with Crippen molar-refractivity contribution in [1.82, 2.24) is 0 Å². The first kappa shape index (κ1) is 41.4. The third-order valence-electron chi connectivity index (χ3n) is 8.78. The molecule has 0 saturated carbocycles. The van der Waals surface area contributed by atoms with Crippen LogP contribution in [-0.4, -0.2) is 83.3 Å². The predicted octanol–water partition coefficient (Wildman–Crippen LogP) is 6.25. The number of ether oxygens (including phenoxy) is 8. The van der Waals surface area contributed by atoms with Gasteiger partial charge in [-0.05, 0) is 55.2 Å². The number of esters is 1. The molecule has 4 aromatic carbocycles. The molecular weight excluding hydrogens is 680 g/mol. The summed E-state index contributed by atoms with van der Waals surface area (Å²) in [5.41, 5.74) is 0.458. The third kappa shape index (κ3) is 10.2. The fourth-order valence-corrected chi connectivity index (χ4v) is 6.14. The molecule has 0 aliphatic heterocycles. The van der Waals surface area contributed by atoms with Gasteiger partial charge in [0.05, 0.1) is 38.3 Å². The lowest BCUT2D eigenvalue weighted by atomic mass is 9.80. The number of carbonyl (C=O) groups excluding carboxylic acids is 1. The summed E-state index contributed by atoms with van der Waals surface area (Å²) in [4.78, 5) is 13.2. The molecule has 2 N–H and O–H groups in total. The van der Waals surface area contributed by atoms with E-state index in [9.17, 15) is 15.0 Å². The third-order valence-corrected chi connectivity index (χ3v) is 8.78. The molecule has 0 spiro atoms. The fourth-order valence-electron chi connectivity index (χ4n) is 6.14. The number of benzene rings is 4. The molecule has 4 rings (SSSR count). The molecule has 0 heterocycles. The van der Waals surface area contributed by atoms with Crippen molar-refractivity contribution < 1.29 is 52.9 Å². The quantitative estimate of drug-likeness (QED) is 0.0608. The lowest BCUT2D eigenvalue weighted by Gasteiger charge is -2.41. The van der Waals surface area contributed by atoms with Gasteiger partial charge in [0, 0.05) is 14.2 Å². The Kier molecular flexibility index (Phi) is 15.4. The van der Waals surface area contributed by atoms with E-state index in [0.717, 1.165) is 0 Å². The van der Waals surface area contributed by atoms with E-state index in [4.69, 9.17) is 37.9 Å². The van der Waals surface area contributed by atoms with Gasteiger partial charge >= 0.3 is 5.97 Å². The number of aliphatic hydroxyl groups is 2. The van der Waals surface area contributed by atoms with Gasteiger partial charge in [0.25, 0.3) is 0 Å². The van der Waals surface area contributed by atoms with Crippen LogP contribution in [0.5, 0.6) is 11.5 Å². The maximum absolute atomic E-state index is 13.2. The Morgan fingerprint density at radius 3 is 1.60 bits per heavy atom. The van der Waals surface area contributed by atoms with Crippen LogP contribution >= 0.6 is 0 Å². The van der Waals surface area contributed by atoms with Crippen LogP contribution in [0, 0.1) is 11.3 Å². The monoisotopic (exact) mass is 732 g/mol. The number of methoxy groups -OCH3 is 4. The van der Waals surface area contributed by atoms with Gasteiger partial charge in [-0.25, -0.2) is 0 Å². The molecule has 53 heavy (non-hydrogen) atoms. The van der Waals surface area contributed by atoms with E-state index in [2.05, 4.69) is 0 Å². The summed E-state index contributed by atoms with van der Waals surface area (Å²) in [6, 6.07) is 33.6. The summed E-state index contributed by atoms with van der Waals surface area (Å²) >= 11 is 0. The Labute approximate surface area is 312 Å². The van der Waals surface area contributed by atoms with Crippen LogP contribution in [0.3, 0.4) is 0 Å². The Morgan fingerprint density at radius 2 is 1.15 bits per heavy atom. The molecule has 286 valence electrons. The molecule has 4 aromatic rings. The van der Waals surface area contributed by atoms with Gasteiger partial charge in [-0.15, -0.1) is 0 Å². The zero-order chi connectivity index (χ0) is 38.4. The molecular formula is C42H52O11. The number of rotatable bonds is 20. The summed E-state index contributed by atoms with van der Waals surface area (Å²) in [5.74, 6) is -0.573. The minimum absolute atomic E-state index is 0.173. The Balaban J connectivity index is 1.87. The minimum Gasteiger partial charge on any atom is -0.493 e. The van der Waals surface area contributed by atoms with Crippen molar-refractivity contribution in [1.29, 1.82) is 0 Å². The second-order valence-electron chi connectivity index (χ2n) is 13.4. The SMILES string of the molecule is COCO[C@H]([C@H](COC(=O)C(C)(C)C)[C@@H](OCOC)c1ccc(OC)c(OC)c1)[C@H](O)C(O)OC(c1ccccc1)(c1ccccc1)c1ccccc1. The van der Waals surface area contributed by atoms with Gasteiger partial charge in [0.2, 0.25) is 0 Å². The number of hydrogen-bond acceptors (Lipinski definition) is 11. The second kappa shape index (κ2) is 19.7. The van der Waals surface area contributed by atoms with Crippen LogP contribution in [0.25, 0.3) is 0 Å². The van der Waals surface area contributed by atoms with Crippen LogP contribution in [-0.2, 0) is 38.8 Å².